The fraction of sp³-hybridized carbons (Fsp3) is 0.421. The average molecular weight is 356 g/mol. The Hall–Kier alpha value is -2.67. The standard InChI is InChI=1S/C19H26N5O2/c1-14(24(4,5)12-15-9-7-6-8-10-15)11-23-13-20-17-16(23)18(25)22(3)19(26)21(17)2/h6-10,13-14H,11-12H2,1-5H3/q+1. The largest absolute Gasteiger partial charge is 0.332 e. The van der Waals surface area contributed by atoms with Crippen molar-refractivity contribution in [3.8, 4) is 0 Å². The molecule has 3 aromatic rings. The Labute approximate surface area is 152 Å². The van der Waals surface area contributed by atoms with E-state index in [1.165, 1.54) is 17.2 Å². The second-order valence-electron chi connectivity index (χ2n) is 7.55. The predicted molar refractivity (Wildman–Crippen MR) is 102 cm³/mol. The molecule has 7 heteroatoms. The molecule has 0 saturated heterocycles. The third-order valence-electron chi connectivity index (χ3n) is 5.30. The van der Waals surface area contributed by atoms with E-state index < -0.39 is 0 Å². The molecule has 0 radical (unpaired) electrons. The van der Waals surface area contributed by atoms with E-state index in [1.807, 2.05) is 22.8 Å². The highest BCUT2D eigenvalue weighted by atomic mass is 16.2. The lowest BCUT2D eigenvalue weighted by molar-refractivity contribution is -0.926. The van der Waals surface area contributed by atoms with Crippen LogP contribution in [0.5, 0.6) is 0 Å². The molecule has 0 aliphatic carbocycles. The molecular formula is C19H26N5O2+. The maximum atomic E-state index is 12.6. The SMILES string of the molecule is CC(Cn1cnc2c1c(=O)n(C)c(=O)n2C)[N+](C)(C)Cc1ccccc1. The summed E-state index contributed by atoms with van der Waals surface area (Å²) < 4.78 is 5.19. The number of benzene rings is 1. The van der Waals surface area contributed by atoms with Crippen LogP contribution in [-0.2, 0) is 27.2 Å². The molecule has 0 amide bonds. The molecule has 7 nitrogen and oxygen atoms in total. The van der Waals surface area contributed by atoms with Gasteiger partial charge in [-0.05, 0) is 6.92 Å². The number of hydrogen-bond acceptors (Lipinski definition) is 3. The van der Waals surface area contributed by atoms with Gasteiger partial charge >= 0.3 is 5.69 Å². The molecular weight excluding hydrogens is 330 g/mol. The number of likely N-dealkylation sites (N-methyl/N-ethyl adjacent to an activating group) is 1. The minimum atomic E-state index is -0.360. The quantitative estimate of drug-likeness (QED) is 0.643. The topological polar surface area (TPSA) is 61.8 Å². The first-order valence-corrected chi connectivity index (χ1v) is 8.70. The van der Waals surface area contributed by atoms with Gasteiger partial charge in [-0.3, -0.25) is 13.9 Å². The summed E-state index contributed by atoms with van der Waals surface area (Å²) in [6.45, 7) is 3.70. The van der Waals surface area contributed by atoms with E-state index in [2.05, 4.69) is 38.1 Å². The molecule has 1 aromatic carbocycles. The Bertz CT molecular complexity index is 1040. The van der Waals surface area contributed by atoms with Crippen molar-refractivity contribution in [2.75, 3.05) is 14.1 Å². The molecule has 138 valence electrons. The van der Waals surface area contributed by atoms with Gasteiger partial charge in [0, 0.05) is 19.7 Å². The van der Waals surface area contributed by atoms with Crippen LogP contribution in [0, 0.1) is 0 Å². The number of aromatic nitrogens is 4. The van der Waals surface area contributed by atoms with Crippen molar-refractivity contribution in [2.24, 2.45) is 14.1 Å². The van der Waals surface area contributed by atoms with Crippen LogP contribution in [0.1, 0.15) is 12.5 Å². The first-order valence-electron chi connectivity index (χ1n) is 8.70. The first-order chi connectivity index (χ1) is 12.2. The first kappa shape index (κ1) is 18.1. The molecule has 3 rings (SSSR count). The van der Waals surface area contributed by atoms with Gasteiger partial charge in [0.2, 0.25) is 0 Å². The highest BCUT2D eigenvalue weighted by Gasteiger charge is 2.26. The van der Waals surface area contributed by atoms with Crippen LogP contribution in [-0.4, -0.2) is 43.3 Å². The molecule has 2 aromatic heterocycles. The van der Waals surface area contributed by atoms with Crippen LogP contribution < -0.4 is 11.2 Å². The number of imidazole rings is 1. The van der Waals surface area contributed by atoms with Crippen molar-refractivity contribution >= 4 is 11.2 Å². The summed E-state index contributed by atoms with van der Waals surface area (Å²) in [6, 6.07) is 10.6. The zero-order valence-corrected chi connectivity index (χ0v) is 16.0. The Morgan fingerprint density at radius 2 is 1.73 bits per heavy atom. The van der Waals surface area contributed by atoms with Crippen molar-refractivity contribution in [3.05, 3.63) is 63.1 Å². The number of rotatable bonds is 5. The average Bonchev–Trinajstić information content (AvgIpc) is 3.02. The van der Waals surface area contributed by atoms with E-state index in [0.717, 1.165) is 15.6 Å². The summed E-state index contributed by atoms with van der Waals surface area (Å²) in [5.74, 6) is 0. The summed E-state index contributed by atoms with van der Waals surface area (Å²) in [5, 5.41) is 0. The molecule has 0 saturated carbocycles. The maximum Gasteiger partial charge on any atom is 0.332 e. The minimum Gasteiger partial charge on any atom is -0.321 e. The Morgan fingerprint density at radius 1 is 1.08 bits per heavy atom. The van der Waals surface area contributed by atoms with Gasteiger partial charge in [0.1, 0.15) is 12.6 Å². The minimum absolute atomic E-state index is 0.245. The van der Waals surface area contributed by atoms with E-state index in [0.29, 0.717) is 17.7 Å². The summed E-state index contributed by atoms with van der Waals surface area (Å²) >= 11 is 0. The van der Waals surface area contributed by atoms with Gasteiger partial charge in [-0.2, -0.15) is 0 Å². The number of fused-ring (bicyclic) bond motifs is 1. The fourth-order valence-corrected chi connectivity index (χ4v) is 3.25. The normalized spacial score (nSPS) is 13.3. The van der Waals surface area contributed by atoms with Gasteiger partial charge < -0.3 is 9.05 Å². The number of hydrogen-bond donors (Lipinski definition) is 0. The zero-order valence-electron chi connectivity index (χ0n) is 16.0. The molecule has 0 spiro atoms. The second kappa shape index (κ2) is 6.57. The fourth-order valence-electron chi connectivity index (χ4n) is 3.25. The summed E-state index contributed by atoms with van der Waals surface area (Å²) in [6.07, 6.45) is 1.66. The lowest BCUT2D eigenvalue weighted by Crippen LogP contribution is -2.48. The van der Waals surface area contributed by atoms with Crippen molar-refractivity contribution in [1.29, 1.82) is 0 Å². The number of nitrogens with zero attached hydrogens (tertiary/aromatic N) is 5. The third kappa shape index (κ3) is 3.10. The van der Waals surface area contributed by atoms with E-state index in [9.17, 15) is 9.59 Å². The van der Waals surface area contributed by atoms with Gasteiger partial charge in [0.15, 0.2) is 11.2 Å². The Kier molecular flexibility index (Phi) is 4.58. The van der Waals surface area contributed by atoms with Gasteiger partial charge in [-0.15, -0.1) is 0 Å². The number of aryl methyl sites for hydroxylation is 1. The molecule has 0 N–H and O–H groups in total. The molecule has 1 unspecified atom stereocenters. The van der Waals surface area contributed by atoms with Crippen LogP contribution in [0.15, 0.2) is 46.2 Å². The smallest absolute Gasteiger partial charge is 0.321 e. The van der Waals surface area contributed by atoms with E-state index >= 15 is 0 Å². The van der Waals surface area contributed by atoms with Gasteiger partial charge in [-0.1, -0.05) is 30.3 Å². The van der Waals surface area contributed by atoms with E-state index in [-0.39, 0.29) is 17.3 Å². The van der Waals surface area contributed by atoms with Crippen molar-refractivity contribution < 1.29 is 4.48 Å². The summed E-state index contributed by atoms with van der Waals surface area (Å²) in [4.78, 5) is 29.0. The van der Waals surface area contributed by atoms with Gasteiger partial charge in [0.05, 0.1) is 27.0 Å². The third-order valence-corrected chi connectivity index (χ3v) is 5.30. The molecule has 0 bridgehead atoms. The van der Waals surface area contributed by atoms with E-state index in [4.69, 9.17) is 0 Å². The molecule has 0 aliphatic heterocycles. The maximum absolute atomic E-state index is 12.6. The highest BCUT2D eigenvalue weighted by molar-refractivity contribution is 5.69. The van der Waals surface area contributed by atoms with Gasteiger partial charge in [0.25, 0.3) is 5.56 Å². The summed E-state index contributed by atoms with van der Waals surface area (Å²) in [7, 11) is 7.51. The van der Waals surface area contributed by atoms with Crippen molar-refractivity contribution in [2.45, 2.75) is 26.1 Å². The van der Waals surface area contributed by atoms with Crippen molar-refractivity contribution in [1.82, 2.24) is 18.7 Å². The molecule has 0 aliphatic rings. The molecule has 2 heterocycles. The van der Waals surface area contributed by atoms with Crippen LogP contribution in [0.2, 0.25) is 0 Å². The van der Waals surface area contributed by atoms with Crippen molar-refractivity contribution in [3.63, 3.8) is 0 Å². The van der Waals surface area contributed by atoms with Crippen LogP contribution >= 0.6 is 0 Å². The summed E-state index contributed by atoms with van der Waals surface area (Å²) in [5.41, 5.74) is 1.51. The Morgan fingerprint density at radius 3 is 2.38 bits per heavy atom. The lowest BCUT2D eigenvalue weighted by atomic mass is 10.1. The zero-order chi connectivity index (χ0) is 19.1. The molecule has 0 fully saturated rings. The highest BCUT2D eigenvalue weighted by Crippen LogP contribution is 2.17. The second-order valence-corrected chi connectivity index (χ2v) is 7.55. The van der Waals surface area contributed by atoms with E-state index in [1.54, 1.807) is 13.4 Å². The molecule has 1 atom stereocenters. The molecule has 26 heavy (non-hydrogen) atoms. The number of quaternary nitrogens is 1. The van der Waals surface area contributed by atoms with Crippen LogP contribution in [0.4, 0.5) is 0 Å². The monoisotopic (exact) mass is 356 g/mol. The Balaban J connectivity index is 1.94. The lowest BCUT2D eigenvalue weighted by Gasteiger charge is -2.36. The van der Waals surface area contributed by atoms with Gasteiger partial charge in [-0.25, -0.2) is 9.78 Å². The van der Waals surface area contributed by atoms with Crippen LogP contribution in [0.3, 0.4) is 0 Å². The predicted octanol–water partition coefficient (Wildman–Crippen LogP) is 1.10. The van der Waals surface area contributed by atoms with Crippen LogP contribution in [0.25, 0.3) is 11.2 Å².